The van der Waals surface area contributed by atoms with Gasteiger partial charge in [-0.3, -0.25) is 0 Å². The minimum atomic E-state index is -3.40. The van der Waals surface area contributed by atoms with Gasteiger partial charge in [0.25, 0.3) is 0 Å². The average Bonchev–Trinajstić information content (AvgIpc) is 3.10. The van der Waals surface area contributed by atoms with Crippen LogP contribution in [0.5, 0.6) is 0 Å². The first kappa shape index (κ1) is 15.5. The summed E-state index contributed by atoms with van der Waals surface area (Å²) in [5.41, 5.74) is 1.05. The Morgan fingerprint density at radius 2 is 2.00 bits per heavy atom. The van der Waals surface area contributed by atoms with Crippen LogP contribution in [-0.2, 0) is 17.1 Å². The normalized spacial score (nSPS) is 19.6. The molecule has 1 aliphatic heterocycles. The van der Waals surface area contributed by atoms with E-state index in [0.717, 1.165) is 17.1 Å². The van der Waals surface area contributed by atoms with E-state index in [1.165, 1.54) is 6.33 Å². The van der Waals surface area contributed by atoms with Crippen molar-refractivity contribution in [1.29, 1.82) is 0 Å². The molecule has 3 rings (SSSR count). The van der Waals surface area contributed by atoms with Gasteiger partial charge < -0.3 is 0 Å². The van der Waals surface area contributed by atoms with Crippen molar-refractivity contribution in [2.45, 2.75) is 28.6 Å². The van der Waals surface area contributed by atoms with E-state index in [-0.39, 0.29) is 5.25 Å². The highest BCUT2D eigenvalue weighted by molar-refractivity contribution is 7.99. The smallest absolute Gasteiger partial charge is 0.243 e. The summed E-state index contributed by atoms with van der Waals surface area (Å²) in [7, 11) is -1.56. The quantitative estimate of drug-likeness (QED) is 0.848. The van der Waals surface area contributed by atoms with Crippen molar-refractivity contribution in [1.82, 2.24) is 19.1 Å². The molecule has 0 spiro atoms. The largest absolute Gasteiger partial charge is 0.244 e. The lowest BCUT2D eigenvalue weighted by molar-refractivity contribution is 0.478. The number of thioether (sulfide) groups is 1. The van der Waals surface area contributed by atoms with Gasteiger partial charge in [0.2, 0.25) is 10.0 Å². The molecule has 1 atom stereocenters. The summed E-state index contributed by atoms with van der Waals surface area (Å²) >= 11 is 1.59. The number of sulfonamides is 1. The van der Waals surface area contributed by atoms with E-state index in [1.807, 2.05) is 26.1 Å². The summed E-state index contributed by atoms with van der Waals surface area (Å²) in [6.07, 6.45) is 2.33. The fraction of sp³-hybridized carbons (Fsp3) is 0.429. The Balaban J connectivity index is 1.71. The van der Waals surface area contributed by atoms with E-state index in [4.69, 9.17) is 0 Å². The summed E-state index contributed by atoms with van der Waals surface area (Å²) in [5, 5.41) is 5.07. The van der Waals surface area contributed by atoms with Crippen molar-refractivity contribution >= 4 is 21.8 Å². The standard InChI is InChI=1S/C14H18N4O2S2/c1-11-3-5-13(6-4-11)22(19,20)18-8-7-12(9-18)21-14-15-10-16-17(14)2/h3-6,10,12H,7-9H2,1-2H3/t12-/m1/s1. The lowest BCUT2D eigenvalue weighted by Gasteiger charge is -2.16. The third kappa shape index (κ3) is 3.04. The second-order valence-corrected chi connectivity index (χ2v) is 8.58. The lowest BCUT2D eigenvalue weighted by atomic mass is 10.2. The van der Waals surface area contributed by atoms with Crippen LogP contribution in [0.15, 0.2) is 40.6 Å². The molecular formula is C14H18N4O2S2. The zero-order valence-electron chi connectivity index (χ0n) is 12.5. The highest BCUT2D eigenvalue weighted by Crippen LogP contribution is 2.31. The van der Waals surface area contributed by atoms with Crippen LogP contribution < -0.4 is 0 Å². The second-order valence-electron chi connectivity index (χ2n) is 5.37. The Hall–Kier alpha value is -1.38. The molecule has 1 aromatic carbocycles. The SMILES string of the molecule is Cc1ccc(S(=O)(=O)N2CC[C@@H](Sc3ncnn3C)C2)cc1. The van der Waals surface area contributed by atoms with E-state index in [1.54, 1.807) is 32.9 Å². The van der Waals surface area contributed by atoms with Crippen molar-refractivity contribution in [3.8, 4) is 0 Å². The predicted octanol–water partition coefficient (Wildman–Crippen LogP) is 1.68. The third-order valence-electron chi connectivity index (χ3n) is 3.71. The van der Waals surface area contributed by atoms with Gasteiger partial charge in [0.1, 0.15) is 6.33 Å². The fourth-order valence-electron chi connectivity index (χ4n) is 2.41. The van der Waals surface area contributed by atoms with Gasteiger partial charge in [-0.1, -0.05) is 29.5 Å². The zero-order valence-corrected chi connectivity index (χ0v) is 14.1. The molecule has 0 amide bonds. The fourth-order valence-corrected chi connectivity index (χ4v) is 5.09. The number of rotatable bonds is 4. The van der Waals surface area contributed by atoms with Gasteiger partial charge in [0.15, 0.2) is 5.16 Å². The molecule has 0 N–H and O–H groups in total. The van der Waals surface area contributed by atoms with Gasteiger partial charge >= 0.3 is 0 Å². The first-order chi connectivity index (χ1) is 10.5. The Morgan fingerprint density at radius 3 is 2.64 bits per heavy atom. The van der Waals surface area contributed by atoms with Gasteiger partial charge in [-0.25, -0.2) is 18.1 Å². The van der Waals surface area contributed by atoms with E-state index in [2.05, 4.69) is 10.1 Å². The molecule has 0 unspecified atom stereocenters. The van der Waals surface area contributed by atoms with E-state index < -0.39 is 10.0 Å². The zero-order chi connectivity index (χ0) is 15.7. The van der Waals surface area contributed by atoms with Gasteiger partial charge in [-0.15, -0.1) is 0 Å². The molecule has 0 radical (unpaired) electrons. The summed E-state index contributed by atoms with van der Waals surface area (Å²) < 4.78 is 28.6. The predicted molar refractivity (Wildman–Crippen MR) is 85.2 cm³/mol. The topological polar surface area (TPSA) is 68.1 Å². The van der Waals surface area contributed by atoms with Gasteiger partial charge in [0, 0.05) is 25.4 Å². The van der Waals surface area contributed by atoms with Crippen molar-refractivity contribution in [2.24, 2.45) is 7.05 Å². The second kappa shape index (κ2) is 6.02. The van der Waals surface area contributed by atoms with E-state index >= 15 is 0 Å². The number of aryl methyl sites for hydroxylation is 2. The summed E-state index contributed by atoms with van der Waals surface area (Å²) in [5.74, 6) is 0. The molecule has 2 aromatic rings. The maximum atomic E-state index is 12.6. The lowest BCUT2D eigenvalue weighted by Crippen LogP contribution is -2.29. The average molecular weight is 338 g/mol. The van der Waals surface area contributed by atoms with Gasteiger partial charge in [-0.05, 0) is 25.5 Å². The Labute approximate surface area is 134 Å². The van der Waals surface area contributed by atoms with Crippen LogP contribution in [0.2, 0.25) is 0 Å². The number of nitrogens with zero attached hydrogens (tertiary/aromatic N) is 4. The monoisotopic (exact) mass is 338 g/mol. The molecule has 2 heterocycles. The van der Waals surface area contributed by atoms with Crippen LogP contribution in [0.3, 0.4) is 0 Å². The van der Waals surface area contributed by atoms with Crippen LogP contribution in [-0.4, -0.2) is 45.8 Å². The molecule has 1 fully saturated rings. The Morgan fingerprint density at radius 1 is 1.27 bits per heavy atom. The molecule has 1 aliphatic rings. The highest BCUT2D eigenvalue weighted by atomic mass is 32.2. The van der Waals surface area contributed by atoms with Gasteiger partial charge in [-0.2, -0.15) is 9.40 Å². The summed E-state index contributed by atoms with van der Waals surface area (Å²) in [6, 6.07) is 7.01. The number of benzene rings is 1. The van der Waals surface area contributed by atoms with Crippen LogP contribution in [0.25, 0.3) is 0 Å². The molecule has 0 bridgehead atoms. The Bertz CT molecular complexity index is 755. The maximum Gasteiger partial charge on any atom is 0.243 e. The molecule has 1 saturated heterocycles. The molecule has 22 heavy (non-hydrogen) atoms. The van der Waals surface area contributed by atoms with Gasteiger partial charge in [0.05, 0.1) is 4.90 Å². The maximum absolute atomic E-state index is 12.6. The molecular weight excluding hydrogens is 320 g/mol. The molecule has 0 saturated carbocycles. The molecule has 8 heteroatoms. The van der Waals surface area contributed by atoms with Crippen LogP contribution in [0.4, 0.5) is 0 Å². The van der Waals surface area contributed by atoms with Crippen molar-refractivity contribution in [3.63, 3.8) is 0 Å². The first-order valence-corrected chi connectivity index (χ1v) is 9.36. The number of hydrogen-bond acceptors (Lipinski definition) is 5. The van der Waals surface area contributed by atoms with Crippen LogP contribution in [0, 0.1) is 6.92 Å². The molecule has 118 valence electrons. The minimum absolute atomic E-state index is 0.211. The number of aromatic nitrogens is 3. The molecule has 1 aromatic heterocycles. The highest BCUT2D eigenvalue weighted by Gasteiger charge is 2.33. The Kier molecular flexibility index (Phi) is 4.24. The first-order valence-electron chi connectivity index (χ1n) is 7.04. The summed E-state index contributed by atoms with van der Waals surface area (Å²) in [4.78, 5) is 4.54. The van der Waals surface area contributed by atoms with Crippen molar-refractivity contribution < 1.29 is 8.42 Å². The third-order valence-corrected chi connectivity index (χ3v) is 6.89. The summed E-state index contributed by atoms with van der Waals surface area (Å²) in [6.45, 7) is 3.00. The van der Waals surface area contributed by atoms with E-state index in [9.17, 15) is 8.42 Å². The molecule has 0 aliphatic carbocycles. The van der Waals surface area contributed by atoms with E-state index in [0.29, 0.717) is 18.0 Å². The minimum Gasteiger partial charge on any atom is -0.244 e. The number of hydrogen-bond donors (Lipinski definition) is 0. The molecule has 6 nitrogen and oxygen atoms in total. The van der Waals surface area contributed by atoms with Crippen molar-refractivity contribution in [3.05, 3.63) is 36.2 Å². The van der Waals surface area contributed by atoms with Crippen molar-refractivity contribution in [2.75, 3.05) is 13.1 Å². The van der Waals surface area contributed by atoms with Crippen LogP contribution in [0.1, 0.15) is 12.0 Å². The van der Waals surface area contributed by atoms with Crippen LogP contribution >= 0.6 is 11.8 Å².